The number of amides is 2. The van der Waals surface area contributed by atoms with Crippen molar-refractivity contribution in [3.05, 3.63) is 58.9 Å². The van der Waals surface area contributed by atoms with E-state index in [1.54, 1.807) is 18.4 Å². The molecular formula is C26H32N4O3S. The molecule has 1 aliphatic rings. The summed E-state index contributed by atoms with van der Waals surface area (Å²) in [6.45, 7) is 6.71. The molecule has 1 aromatic heterocycles. The van der Waals surface area contributed by atoms with Crippen LogP contribution in [0.2, 0.25) is 0 Å². The summed E-state index contributed by atoms with van der Waals surface area (Å²) in [6, 6.07) is 15.5. The van der Waals surface area contributed by atoms with Crippen LogP contribution in [0.1, 0.15) is 24.8 Å². The number of methoxy groups -OCH3 is 1. The Hall–Kier alpha value is -3.10. The van der Waals surface area contributed by atoms with Gasteiger partial charge in [-0.1, -0.05) is 13.3 Å². The van der Waals surface area contributed by atoms with Gasteiger partial charge in [-0.3, -0.25) is 4.90 Å². The normalized spacial score (nSPS) is 14.1. The summed E-state index contributed by atoms with van der Waals surface area (Å²) in [5.74, 6) is 1.67. The van der Waals surface area contributed by atoms with Gasteiger partial charge in [-0.25, -0.2) is 9.78 Å². The maximum Gasteiger partial charge on any atom is 0.321 e. The van der Waals surface area contributed by atoms with Gasteiger partial charge >= 0.3 is 6.03 Å². The maximum absolute atomic E-state index is 12.7. The van der Waals surface area contributed by atoms with Gasteiger partial charge in [-0.05, 0) is 55.0 Å². The smallest absolute Gasteiger partial charge is 0.321 e. The number of carbonyl (C=O) groups is 1. The minimum Gasteiger partial charge on any atom is -0.497 e. The van der Waals surface area contributed by atoms with E-state index in [-0.39, 0.29) is 6.03 Å². The standard InChI is InChI=1S/C26H32N4O3S/c1-3-4-17-33-23-11-7-21(8-12-23)27-26(31)30-15-13-29(14-16-30)18-25-28-24(19-34-25)20-5-9-22(32-2)10-6-20/h5-12,19H,3-4,13-18H2,1-2H3,(H,27,31). The minimum atomic E-state index is -0.0599. The molecule has 0 unspecified atom stereocenters. The van der Waals surface area contributed by atoms with Crippen molar-refractivity contribution in [2.75, 3.05) is 45.2 Å². The van der Waals surface area contributed by atoms with Gasteiger partial charge in [-0.15, -0.1) is 11.3 Å². The van der Waals surface area contributed by atoms with Crippen LogP contribution in [0.4, 0.5) is 10.5 Å². The Morgan fingerprint density at radius 1 is 1.03 bits per heavy atom. The van der Waals surface area contributed by atoms with E-state index >= 15 is 0 Å². The lowest BCUT2D eigenvalue weighted by Crippen LogP contribution is -2.49. The van der Waals surface area contributed by atoms with Crippen molar-refractivity contribution in [3.8, 4) is 22.8 Å². The lowest BCUT2D eigenvalue weighted by atomic mass is 10.2. The van der Waals surface area contributed by atoms with E-state index < -0.39 is 0 Å². The van der Waals surface area contributed by atoms with Crippen molar-refractivity contribution in [3.63, 3.8) is 0 Å². The fourth-order valence-corrected chi connectivity index (χ4v) is 4.59. The summed E-state index contributed by atoms with van der Waals surface area (Å²) < 4.78 is 10.9. The molecule has 1 fully saturated rings. The van der Waals surface area contributed by atoms with Crippen LogP contribution in [0.5, 0.6) is 11.5 Å². The van der Waals surface area contributed by atoms with Crippen LogP contribution < -0.4 is 14.8 Å². The number of rotatable bonds is 9. The monoisotopic (exact) mass is 480 g/mol. The van der Waals surface area contributed by atoms with E-state index in [0.717, 1.165) is 72.5 Å². The number of thiazole rings is 1. The summed E-state index contributed by atoms with van der Waals surface area (Å²) in [6.07, 6.45) is 2.15. The molecule has 0 saturated carbocycles. The zero-order chi connectivity index (χ0) is 23.8. The van der Waals surface area contributed by atoms with Crippen molar-refractivity contribution in [2.45, 2.75) is 26.3 Å². The zero-order valence-corrected chi connectivity index (χ0v) is 20.6. The van der Waals surface area contributed by atoms with Crippen molar-refractivity contribution in [1.29, 1.82) is 0 Å². The van der Waals surface area contributed by atoms with Crippen molar-refractivity contribution < 1.29 is 14.3 Å². The highest BCUT2D eigenvalue weighted by Crippen LogP contribution is 2.25. The van der Waals surface area contributed by atoms with Crippen LogP contribution in [0.25, 0.3) is 11.3 Å². The number of hydrogen-bond donors (Lipinski definition) is 1. The van der Waals surface area contributed by atoms with Gasteiger partial charge in [0.1, 0.15) is 16.5 Å². The summed E-state index contributed by atoms with van der Waals surface area (Å²) in [4.78, 5) is 21.7. The minimum absolute atomic E-state index is 0.0599. The summed E-state index contributed by atoms with van der Waals surface area (Å²) in [7, 11) is 1.67. The predicted molar refractivity (Wildman–Crippen MR) is 137 cm³/mol. The molecular weight excluding hydrogens is 448 g/mol. The Morgan fingerprint density at radius 3 is 2.41 bits per heavy atom. The average Bonchev–Trinajstić information content (AvgIpc) is 3.34. The number of unbranched alkanes of at least 4 members (excludes halogenated alkanes) is 1. The van der Waals surface area contributed by atoms with E-state index in [2.05, 4.69) is 22.5 Å². The summed E-state index contributed by atoms with van der Waals surface area (Å²) in [5, 5.41) is 6.18. The van der Waals surface area contributed by atoms with Crippen LogP contribution in [0.15, 0.2) is 53.9 Å². The molecule has 0 atom stereocenters. The van der Waals surface area contributed by atoms with Gasteiger partial charge in [0, 0.05) is 42.8 Å². The first-order chi connectivity index (χ1) is 16.6. The van der Waals surface area contributed by atoms with Gasteiger partial charge < -0.3 is 19.7 Å². The van der Waals surface area contributed by atoms with E-state index in [1.165, 1.54) is 0 Å². The molecule has 3 aromatic rings. The number of carbonyl (C=O) groups excluding carboxylic acids is 1. The first-order valence-electron chi connectivity index (χ1n) is 11.7. The largest absolute Gasteiger partial charge is 0.497 e. The molecule has 1 saturated heterocycles. The highest BCUT2D eigenvalue weighted by molar-refractivity contribution is 7.09. The molecule has 0 bridgehead atoms. The first-order valence-corrected chi connectivity index (χ1v) is 12.6. The van der Waals surface area contributed by atoms with Crippen LogP contribution in [0, 0.1) is 0 Å². The van der Waals surface area contributed by atoms with Gasteiger partial charge in [0.25, 0.3) is 0 Å². The first kappa shape index (κ1) is 24.0. The Labute approximate surface area is 205 Å². The number of nitrogens with one attached hydrogen (secondary N) is 1. The fraction of sp³-hybridized carbons (Fsp3) is 0.385. The lowest BCUT2D eigenvalue weighted by Gasteiger charge is -2.34. The van der Waals surface area contributed by atoms with E-state index in [1.807, 2.05) is 53.4 Å². The molecule has 2 amide bonds. The predicted octanol–water partition coefficient (Wildman–Crippen LogP) is 5.35. The molecule has 2 aromatic carbocycles. The van der Waals surface area contributed by atoms with Crippen molar-refractivity contribution in [1.82, 2.24) is 14.8 Å². The molecule has 34 heavy (non-hydrogen) atoms. The van der Waals surface area contributed by atoms with Gasteiger partial charge in [0.05, 0.1) is 26.0 Å². The van der Waals surface area contributed by atoms with Crippen molar-refractivity contribution in [2.24, 2.45) is 0 Å². The quantitative estimate of drug-likeness (QED) is 0.418. The molecule has 180 valence electrons. The van der Waals surface area contributed by atoms with Crippen molar-refractivity contribution >= 4 is 23.1 Å². The SMILES string of the molecule is CCCCOc1ccc(NC(=O)N2CCN(Cc3nc(-c4ccc(OC)cc4)cs3)CC2)cc1. The summed E-state index contributed by atoms with van der Waals surface area (Å²) >= 11 is 1.68. The second-order valence-electron chi connectivity index (χ2n) is 8.27. The molecule has 8 heteroatoms. The highest BCUT2D eigenvalue weighted by atomic mass is 32.1. The second kappa shape index (κ2) is 11.9. The number of anilines is 1. The molecule has 7 nitrogen and oxygen atoms in total. The van der Waals surface area contributed by atoms with E-state index in [9.17, 15) is 4.79 Å². The topological polar surface area (TPSA) is 66.9 Å². The third kappa shape index (κ3) is 6.48. The van der Waals surface area contributed by atoms with E-state index in [0.29, 0.717) is 13.1 Å². The summed E-state index contributed by atoms with van der Waals surface area (Å²) in [5.41, 5.74) is 2.86. The molecule has 4 rings (SSSR count). The highest BCUT2D eigenvalue weighted by Gasteiger charge is 2.22. The van der Waals surface area contributed by atoms with Crippen LogP contribution >= 0.6 is 11.3 Å². The second-order valence-corrected chi connectivity index (χ2v) is 9.22. The molecule has 0 radical (unpaired) electrons. The Kier molecular flexibility index (Phi) is 8.38. The maximum atomic E-state index is 12.7. The average molecular weight is 481 g/mol. The number of ether oxygens (including phenoxy) is 2. The molecule has 1 N–H and O–H groups in total. The molecule has 0 aliphatic carbocycles. The zero-order valence-electron chi connectivity index (χ0n) is 19.8. The molecule has 2 heterocycles. The lowest BCUT2D eigenvalue weighted by molar-refractivity contribution is 0.143. The number of nitrogens with zero attached hydrogens (tertiary/aromatic N) is 3. The number of benzene rings is 2. The van der Waals surface area contributed by atoms with Crippen LogP contribution in [-0.4, -0.2) is 60.7 Å². The number of hydrogen-bond acceptors (Lipinski definition) is 6. The number of aromatic nitrogens is 1. The van der Waals surface area contributed by atoms with Crippen LogP contribution in [0.3, 0.4) is 0 Å². The van der Waals surface area contributed by atoms with Gasteiger partial charge in [0.15, 0.2) is 0 Å². The van der Waals surface area contributed by atoms with E-state index in [4.69, 9.17) is 14.5 Å². The third-order valence-corrected chi connectivity index (χ3v) is 6.66. The van der Waals surface area contributed by atoms with Gasteiger partial charge in [-0.2, -0.15) is 0 Å². The van der Waals surface area contributed by atoms with Crippen LogP contribution in [-0.2, 0) is 6.54 Å². The fourth-order valence-electron chi connectivity index (χ4n) is 3.75. The third-order valence-electron chi connectivity index (χ3n) is 5.83. The molecule has 1 aliphatic heterocycles. The number of piperazine rings is 1. The Bertz CT molecular complexity index is 1040. The Balaban J connectivity index is 1.22. The van der Waals surface area contributed by atoms with Gasteiger partial charge in [0.2, 0.25) is 0 Å². The Morgan fingerprint density at radius 2 is 1.74 bits per heavy atom. The molecule has 0 spiro atoms. The number of urea groups is 1.